The van der Waals surface area contributed by atoms with Gasteiger partial charge in [-0.2, -0.15) is 0 Å². The van der Waals surface area contributed by atoms with E-state index in [1.165, 1.54) is 6.07 Å². The van der Waals surface area contributed by atoms with Crippen LogP contribution in [0.25, 0.3) is 0 Å². The molecule has 1 aromatic carbocycles. The summed E-state index contributed by atoms with van der Waals surface area (Å²) in [6.45, 7) is 2.24. The van der Waals surface area contributed by atoms with Gasteiger partial charge in [0.05, 0.1) is 12.3 Å². The molecule has 5 heteroatoms. The van der Waals surface area contributed by atoms with Crippen molar-refractivity contribution in [1.82, 2.24) is 4.98 Å². The van der Waals surface area contributed by atoms with Crippen LogP contribution in [-0.2, 0) is 0 Å². The zero-order valence-corrected chi connectivity index (χ0v) is 10.5. The molecule has 0 atom stereocenters. The number of hydrogen-bond donors (Lipinski definition) is 2. The zero-order chi connectivity index (χ0) is 13.7. The Morgan fingerprint density at radius 1 is 1.32 bits per heavy atom. The van der Waals surface area contributed by atoms with E-state index < -0.39 is 0 Å². The number of pyridine rings is 1. The highest BCUT2D eigenvalue weighted by molar-refractivity contribution is 6.06. The molecule has 1 aromatic heterocycles. The number of carbonyl (C=O) groups is 1. The number of aromatic nitrogens is 1. The Labute approximate surface area is 110 Å². The highest BCUT2D eigenvalue weighted by atomic mass is 16.5. The lowest BCUT2D eigenvalue weighted by Gasteiger charge is -2.10. The largest absolute Gasteiger partial charge is 0.506 e. The normalized spacial score (nSPS) is 9.95. The van der Waals surface area contributed by atoms with Gasteiger partial charge in [-0.3, -0.25) is 4.79 Å². The molecule has 0 fully saturated rings. The molecule has 98 valence electrons. The minimum Gasteiger partial charge on any atom is -0.506 e. The van der Waals surface area contributed by atoms with Crippen LogP contribution in [0.3, 0.4) is 0 Å². The van der Waals surface area contributed by atoms with Gasteiger partial charge in [-0.1, -0.05) is 12.1 Å². The van der Waals surface area contributed by atoms with Gasteiger partial charge < -0.3 is 15.2 Å². The van der Waals surface area contributed by atoms with Crippen molar-refractivity contribution >= 4 is 11.6 Å². The van der Waals surface area contributed by atoms with Crippen LogP contribution in [0.1, 0.15) is 17.3 Å². The van der Waals surface area contributed by atoms with Crippen LogP contribution in [0.15, 0.2) is 42.6 Å². The Balaban J connectivity index is 2.23. The van der Waals surface area contributed by atoms with Crippen LogP contribution in [0, 0.1) is 0 Å². The second kappa shape index (κ2) is 5.86. The minimum atomic E-state index is -0.377. The monoisotopic (exact) mass is 258 g/mol. The van der Waals surface area contributed by atoms with Crippen molar-refractivity contribution in [2.75, 3.05) is 11.9 Å². The fourth-order valence-corrected chi connectivity index (χ4v) is 1.58. The predicted octanol–water partition coefficient (Wildman–Crippen LogP) is 2.44. The molecule has 1 heterocycles. The van der Waals surface area contributed by atoms with E-state index in [4.69, 9.17) is 4.74 Å². The number of nitrogens with zero attached hydrogens (tertiary/aromatic N) is 1. The smallest absolute Gasteiger partial charge is 0.261 e. The van der Waals surface area contributed by atoms with Crippen molar-refractivity contribution in [1.29, 1.82) is 0 Å². The molecule has 0 saturated heterocycles. The molecule has 5 nitrogen and oxygen atoms in total. The molecule has 0 aliphatic heterocycles. The van der Waals surface area contributed by atoms with E-state index in [0.717, 1.165) is 0 Å². The van der Waals surface area contributed by atoms with Gasteiger partial charge in [0.25, 0.3) is 5.91 Å². The van der Waals surface area contributed by atoms with Crippen LogP contribution >= 0.6 is 0 Å². The number of ether oxygens (including phenoxy) is 1. The van der Waals surface area contributed by atoms with Gasteiger partial charge in [0, 0.05) is 6.20 Å². The lowest BCUT2D eigenvalue weighted by Crippen LogP contribution is -2.14. The summed E-state index contributed by atoms with van der Waals surface area (Å²) < 4.78 is 5.29. The maximum atomic E-state index is 12.1. The van der Waals surface area contributed by atoms with Gasteiger partial charge in [-0.05, 0) is 31.2 Å². The van der Waals surface area contributed by atoms with E-state index in [1.54, 1.807) is 36.5 Å². The molecule has 0 aliphatic rings. The Hall–Kier alpha value is -2.56. The first-order valence-electron chi connectivity index (χ1n) is 5.89. The van der Waals surface area contributed by atoms with E-state index in [9.17, 15) is 9.90 Å². The Morgan fingerprint density at radius 3 is 2.84 bits per heavy atom. The number of hydrogen-bond acceptors (Lipinski definition) is 4. The average Bonchev–Trinajstić information content (AvgIpc) is 2.42. The first-order chi connectivity index (χ1) is 9.22. The topological polar surface area (TPSA) is 71.5 Å². The number of phenols is 1. The van der Waals surface area contributed by atoms with E-state index in [1.807, 2.05) is 6.92 Å². The van der Waals surface area contributed by atoms with Crippen molar-refractivity contribution in [3.05, 3.63) is 48.2 Å². The minimum absolute atomic E-state index is 0.0118. The van der Waals surface area contributed by atoms with Gasteiger partial charge in [-0.25, -0.2) is 4.98 Å². The molecule has 2 aromatic rings. The third-order valence-electron chi connectivity index (χ3n) is 2.45. The molecule has 0 spiro atoms. The summed E-state index contributed by atoms with van der Waals surface area (Å²) in [5, 5.41) is 12.2. The van der Waals surface area contributed by atoms with Gasteiger partial charge >= 0.3 is 0 Å². The molecule has 0 aliphatic carbocycles. The number of rotatable bonds is 4. The molecule has 19 heavy (non-hydrogen) atoms. The lowest BCUT2D eigenvalue weighted by molar-refractivity contribution is 0.102. The molecule has 1 amide bonds. The van der Waals surface area contributed by atoms with E-state index in [-0.39, 0.29) is 17.5 Å². The second-order valence-corrected chi connectivity index (χ2v) is 3.76. The van der Waals surface area contributed by atoms with Gasteiger partial charge in [-0.15, -0.1) is 0 Å². The molecule has 2 N–H and O–H groups in total. The van der Waals surface area contributed by atoms with Gasteiger partial charge in [0.1, 0.15) is 11.3 Å². The summed E-state index contributed by atoms with van der Waals surface area (Å²) in [7, 11) is 0. The highest BCUT2D eigenvalue weighted by Gasteiger charge is 2.14. The molecular weight excluding hydrogens is 244 g/mol. The van der Waals surface area contributed by atoms with Crippen LogP contribution in [0.4, 0.5) is 5.69 Å². The summed E-state index contributed by atoms with van der Waals surface area (Å²) in [6, 6.07) is 9.80. The molecule has 0 bridgehead atoms. The molecular formula is C14H14N2O3. The second-order valence-electron chi connectivity index (χ2n) is 3.76. The number of amides is 1. The summed E-state index contributed by atoms with van der Waals surface area (Å²) in [4.78, 5) is 16.1. The van der Waals surface area contributed by atoms with E-state index >= 15 is 0 Å². The number of aromatic hydroxyl groups is 1. The van der Waals surface area contributed by atoms with E-state index in [0.29, 0.717) is 17.9 Å². The van der Waals surface area contributed by atoms with Crippen LogP contribution in [0.5, 0.6) is 11.6 Å². The van der Waals surface area contributed by atoms with Crippen molar-refractivity contribution in [2.45, 2.75) is 6.92 Å². The third kappa shape index (κ3) is 3.01. The molecule has 0 unspecified atom stereocenters. The highest BCUT2D eigenvalue weighted by Crippen LogP contribution is 2.23. The van der Waals surface area contributed by atoms with Crippen molar-refractivity contribution in [2.24, 2.45) is 0 Å². The summed E-state index contributed by atoms with van der Waals surface area (Å²) in [6.07, 6.45) is 1.56. The quantitative estimate of drug-likeness (QED) is 0.826. The predicted molar refractivity (Wildman–Crippen MR) is 71.5 cm³/mol. The van der Waals surface area contributed by atoms with E-state index in [2.05, 4.69) is 10.3 Å². The van der Waals surface area contributed by atoms with Gasteiger partial charge in [0.2, 0.25) is 5.88 Å². The number of nitrogens with one attached hydrogen (secondary N) is 1. The number of anilines is 1. The van der Waals surface area contributed by atoms with Crippen LogP contribution in [-0.4, -0.2) is 22.6 Å². The first kappa shape index (κ1) is 12.9. The van der Waals surface area contributed by atoms with Crippen LogP contribution in [0.2, 0.25) is 0 Å². The maximum absolute atomic E-state index is 12.1. The first-order valence-corrected chi connectivity index (χ1v) is 5.89. The standard InChI is InChI=1S/C14H14N2O3/c1-2-19-14-10(6-5-9-15-14)13(18)16-11-7-3-4-8-12(11)17/h3-9,17H,2H2,1H3,(H,16,18). The summed E-state index contributed by atoms with van der Waals surface area (Å²) >= 11 is 0. The van der Waals surface area contributed by atoms with Crippen molar-refractivity contribution in [3.63, 3.8) is 0 Å². The molecule has 0 radical (unpaired) electrons. The summed E-state index contributed by atoms with van der Waals surface area (Å²) in [5.41, 5.74) is 0.673. The SMILES string of the molecule is CCOc1ncccc1C(=O)Nc1ccccc1O. The third-order valence-corrected chi connectivity index (χ3v) is 2.45. The average molecular weight is 258 g/mol. The Morgan fingerprint density at radius 2 is 2.11 bits per heavy atom. The van der Waals surface area contributed by atoms with Gasteiger partial charge in [0.15, 0.2) is 0 Å². The number of para-hydroxylation sites is 2. The van der Waals surface area contributed by atoms with Crippen molar-refractivity contribution < 1.29 is 14.6 Å². The summed E-state index contributed by atoms with van der Waals surface area (Å²) in [5.74, 6) is -0.0892. The fraction of sp³-hybridized carbons (Fsp3) is 0.143. The Kier molecular flexibility index (Phi) is 3.97. The number of carbonyl (C=O) groups excluding carboxylic acids is 1. The zero-order valence-electron chi connectivity index (χ0n) is 10.5. The fourth-order valence-electron chi connectivity index (χ4n) is 1.58. The Bertz CT molecular complexity index is 584. The lowest BCUT2D eigenvalue weighted by atomic mass is 10.2. The van der Waals surface area contributed by atoms with Crippen LogP contribution < -0.4 is 10.1 Å². The number of phenolic OH excluding ortho intramolecular Hbond substituents is 1. The van der Waals surface area contributed by atoms with Crippen molar-refractivity contribution in [3.8, 4) is 11.6 Å². The maximum Gasteiger partial charge on any atom is 0.261 e. The number of benzene rings is 1. The molecule has 0 saturated carbocycles. The molecule has 2 rings (SSSR count).